The molecule has 0 radical (unpaired) electrons. The summed E-state index contributed by atoms with van der Waals surface area (Å²) >= 11 is 1.38. The van der Waals surface area contributed by atoms with Gasteiger partial charge in [-0.2, -0.15) is 10.1 Å². The van der Waals surface area contributed by atoms with E-state index >= 15 is 0 Å². The van der Waals surface area contributed by atoms with Gasteiger partial charge in [0.1, 0.15) is 22.4 Å². The highest BCUT2D eigenvalue weighted by molar-refractivity contribution is 7.22. The SMILES string of the molecule is CN(C)c1nc2nc(C3=CC(c4cnn(C5CC5)c4)OCC3)nc(-c3ccc(F)cc3F)c2s1. The second kappa shape index (κ2) is 8.21. The van der Waals surface area contributed by atoms with E-state index in [4.69, 9.17) is 14.7 Å². The summed E-state index contributed by atoms with van der Waals surface area (Å²) in [5.74, 6) is -0.825. The van der Waals surface area contributed by atoms with Crippen molar-refractivity contribution in [1.29, 1.82) is 0 Å². The van der Waals surface area contributed by atoms with Crippen LogP contribution in [0.25, 0.3) is 27.2 Å². The van der Waals surface area contributed by atoms with E-state index in [-0.39, 0.29) is 11.7 Å². The smallest absolute Gasteiger partial charge is 0.187 e. The molecule has 6 rings (SSSR count). The molecule has 174 valence electrons. The van der Waals surface area contributed by atoms with Crippen LogP contribution >= 0.6 is 11.3 Å². The predicted molar refractivity (Wildman–Crippen MR) is 127 cm³/mol. The van der Waals surface area contributed by atoms with Crippen molar-refractivity contribution >= 4 is 32.4 Å². The Bertz CT molecular complexity index is 1420. The highest BCUT2D eigenvalue weighted by Crippen LogP contribution is 2.39. The summed E-state index contributed by atoms with van der Waals surface area (Å²) in [5, 5.41) is 5.21. The van der Waals surface area contributed by atoms with Gasteiger partial charge in [0, 0.05) is 37.5 Å². The van der Waals surface area contributed by atoms with Crippen molar-refractivity contribution < 1.29 is 13.5 Å². The van der Waals surface area contributed by atoms with Gasteiger partial charge < -0.3 is 9.64 Å². The van der Waals surface area contributed by atoms with E-state index in [0.29, 0.717) is 40.9 Å². The van der Waals surface area contributed by atoms with E-state index in [1.54, 1.807) is 0 Å². The zero-order chi connectivity index (χ0) is 23.4. The Kier molecular flexibility index (Phi) is 5.14. The number of benzene rings is 1. The molecule has 1 fully saturated rings. The van der Waals surface area contributed by atoms with Gasteiger partial charge in [-0.15, -0.1) is 0 Å². The average molecular weight is 481 g/mol. The molecule has 4 aromatic rings. The van der Waals surface area contributed by atoms with Gasteiger partial charge in [0.2, 0.25) is 0 Å². The normalized spacial score (nSPS) is 18.4. The predicted octanol–water partition coefficient (Wildman–Crippen LogP) is 5.17. The van der Waals surface area contributed by atoms with Crippen LogP contribution in [-0.4, -0.2) is 45.4 Å². The lowest BCUT2D eigenvalue weighted by molar-refractivity contribution is 0.0825. The summed E-state index contributed by atoms with van der Waals surface area (Å²) in [4.78, 5) is 16.0. The maximum absolute atomic E-state index is 14.8. The number of halogens is 2. The molecule has 1 aliphatic heterocycles. The Balaban J connectivity index is 1.46. The van der Waals surface area contributed by atoms with Gasteiger partial charge in [0.05, 0.1) is 24.5 Å². The quantitative estimate of drug-likeness (QED) is 0.392. The average Bonchev–Trinajstić information content (AvgIpc) is 3.38. The van der Waals surface area contributed by atoms with Crippen molar-refractivity contribution in [2.45, 2.75) is 31.4 Å². The van der Waals surface area contributed by atoms with E-state index in [1.165, 1.54) is 23.5 Å². The fourth-order valence-corrected chi connectivity index (χ4v) is 4.97. The van der Waals surface area contributed by atoms with Crippen LogP contribution in [-0.2, 0) is 4.74 Å². The third-order valence-corrected chi connectivity index (χ3v) is 7.21. The molecule has 7 nitrogen and oxygen atoms in total. The van der Waals surface area contributed by atoms with Crippen molar-refractivity contribution in [3.63, 3.8) is 0 Å². The van der Waals surface area contributed by atoms with Gasteiger partial charge in [0.15, 0.2) is 16.6 Å². The molecule has 10 heteroatoms. The largest absolute Gasteiger partial charge is 0.369 e. The van der Waals surface area contributed by atoms with Crippen LogP contribution in [0.15, 0.2) is 36.7 Å². The Morgan fingerprint density at radius 1 is 1.15 bits per heavy atom. The molecule has 0 N–H and O–H groups in total. The number of nitrogens with zero attached hydrogens (tertiary/aromatic N) is 6. The molecular formula is C24H22F2N6OS. The molecule has 1 unspecified atom stereocenters. The number of hydrogen-bond donors (Lipinski definition) is 0. The molecule has 0 amide bonds. The number of ether oxygens (including phenoxy) is 1. The van der Waals surface area contributed by atoms with Crippen molar-refractivity contribution in [1.82, 2.24) is 24.7 Å². The molecule has 2 aliphatic rings. The minimum absolute atomic E-state index is 0.221. The van der Waals surface area contributed by atoms with E-state index in [1.807, 2.05) is 42.1 Å². The number of thiazole rings is 1. The molecule has 1 saturated carbocycles. The van der Waals surface area contributed by atoms with Crippen LogP contribution in [0.1, 0.15) is 42.8 Å². The number of aromatic nitrogens is 5. The third-order valence-electron chi connectivity index (χ3n) is 5.99. The standard InChI is InChI=1S/C24H22F2N6OS/c1-31(2)24-30-23-21(34-24)20(17-6-3-15(25)10-18(17)26)28-22(29-23)13-7-8-33-19(9-13)14-11-27-32(12-14)16-4-5-16/h3,6,9-12,16,19H,4-5,7-8H2,1-2H3. The molecule has 0 saturated heterocycles. The molecule has 3 aromatic heterocycles. The van der Waals surface area contributed by atoms with Crippen molar-refractivity contribution in [3.05, 3.63) is 59.7 Å². The molecule has 34 heavy (non-hydrogen) atoms. The van der Waals surface area contributed by atoms with Crippen LogP contribution in [0.4, 0.5) is 13.9 Å². The minimum atomic E-state index is -0.669. The lowest BCUT2D eigenvalue weighted by Gasteiger charge is -2.21. The van der Waals surface area contributed by atoms with Gasteiger partial charge >= 0.3 is 0 Å². The van der Waals surface area contributed by atoms with Crippen molar-refractivity contribution in [2.75, 3.05) is 25.6 Å². The zero-order valence-corrected chi connectivity index (χ0v) is 19.5. The van der Waals surface area contributed by atoms with E-state index in [2.05, 4.69) is 10.1 Å². The summed E-state index contributed by atoms with van der Waals surface area (Å²) in [7, 11) is 3.77. The summed E-state index contributed by atoms with van der Waals surface area (Å²) in [6.07, 6.45) is 8.57. The van der Waals surface area contributed by atoms with Gasteiger partial charge in [0.25, 0.3) is 0 Å². The maximum atomic E-state index is 14.8. The number of rotatable bonds is 5. The summed E-state index contributed by atoms with van der Waals surface area (Å²) in [6, 6.07) is 4.02. The Morgan fingerprint density at radius 2 is 2.00 bits per heavy atom. The van der Waals surface area contributed by atoms with Crippen LogP contribution in [0.3, 0.4) is 0 Å². The first-order valence-electron chi connectivity index (χ1n) is 11.1. The Hall–Kier alpha value is -3.24. The van der Waals surface area contributed by atoms with Gasteiger partial charge in [-0.25, -0.2) is 18.7 Å². The second-order valence-electron chi connectivity index (χ2n) is 8.78. The van der Waals surface area contributed by atoms with Crippen LogP contribution in [0.2, 0.25) is 0 Å². The summed E-state index contributed by atoms with van der Waals surface area (Å²) in [5.41, 5.74) is 3.01. The highest BCUT2D eigenvalue weighted by atomic mass is 32.1. The molecular weight excluding hydrogens is 458 g/mol. The van der Waals surface area contributed by atoms with Gasteiger partial charge in [-0.05, 0) is 43.0 Å². The van der Waals surface area contributed by atoms with Crippen LogP contribution in [0, 0.1) is 11.6 Å². The summed E-state index contributed by atoms with van der Waals surface area (Å²) < 4.78 is 37.0. The van der Waals surface area contributed by atoms with E-state index < -0.39 is 11.6 Å². The molecule has 0 bridgehead atoms. The van der Waals surface area contributed by atoms with Gasteiger partial charge in [-0.3, -0.25) is 4.68 Å². The fourth-order valence-electron chi connectivity index (χ4n) is 4.04. The topological polar surface area (TPSA) is 69.0 Å². The Morgan fingerprint density at radius 3 is 2.76 bits per heavy atom. The maximum Gasteiger partial charge on any atom is 0.187 e. The molecule has 4 heterocycles. The highest BCUT2D eigenvalue weighted by Gasteiger charge is 2.27. The van der Waals surface area contributed by atoms with Gasteiger partial charge in [-0.1, -0.05) is 11.3 Å². The first-order valence-corrected chi connectivity index (χ1v) is 12.0. The summed E-state index contributed by atoms with van der Waals surface area (Å²) in [6.45, 7) is 0.507. The van der Waals surface area contributed by atoms with Crippen LogP contribution < -0.4 is 4.90 Å². The molecule has 0 spiro atoms. The Labute approximate surface area is 198 Å². The van der Waals surface area contributed by atoms with E-state index in [0.717, 1.165) is 35.2 Å². The molecule has 1 aliphatic carbocycles. The number of fused-ring (bicyclic) bond motifs is 1. The molecule has 1 atom stereocenters. The lowest BCUT2D eigenvalue weighted by atomic mass is 10.0. The minimum Gasteiger partial charge on any atom is -0.369 e. The monoisotopic (exact) mass is 480 g/mol. The van der Waals surface area contributed by atoms with E-state index in [9.17, 15) is 8.78 Å². The second-order valence-corrected chi connectivity index (χ2v) is 9.76. The fraction of sp³-hybridized carbons (Fsp3) is 0.333. The van der Waals surface area contributed by atoms with Crippen molar-refractivity contribution in [3.8, 4) is 11.3 Å². The number of anilines is 1. The molecule has 1 aromatic carbocycles. The first-order chi connectivity index (χ1) is 16.5. The van der Waals surface area contributed by atoms with Crippen molar-refractivity contribution in [2.24, 2.45) is 0 Å². The first kappa shape index (κ1) is 21.3. The third kappa shape index (κ3) is 3.86. The zero-order valence-electron chi connectivity index (χ0n) is 18.7. The van der Waals surface area contributed by atoms with Crippen LogP contribution in [0.5, 0.6) is 0 Å². The lowest BCUT2D eigenvalue weighted by Crippen LogP contribution is -2.11. The number of hydrogen-bond acceptors (Lipinski definition) is 7.